The number of benzene rings is 1. The number of carbonyl (C=O) groups excluding carboxylic acids is 1. The lowest BCUT2D eigenvalue weighted by molar-refractivity contribution is 0.0387. The number of aromatic nitrogens is 5. The number of piperidine rings is 1. The molecule has 1 saturated heterocycles. The van der Waals surface area contributed by atoms with E-state index < -0.39 is 17.4 Å². The maximum Gasteiger partial charge on any atom is 0.275 e. The highest BCUT2D eigenvalue weighted by Gasteiger charge is 2.44. The Balaban J connectivity index is 1.45. The zero-order chi connectivity index (χ0) is 24.4. The second-order valence-corrected chi connectivity index (χ2v) is 9.17. The van der Waals surface area contributed by atoms with Gasteiger partial charge in [-0.1, -0.05) is 0 Å². The van der Waals surface area contributed by atoms with Crippen LogP contribution in [-0.4, -0.2) is 48.5 Å². The molecule has 1 amide bonds. The molecule has 180 valence electrons. The molecule has 2 bridgehead atoms. The first kappa shape index (κ1) is 21.7. The molecule has 5 heterocycles. The van der Waals surface area contributed by atoms with Crippen LogP contribution in [-0.2, 0) is 20.5 Å². The molecule has 3 aromatic heterocycles. The fourth-order valence-corrected chi connectivity index (χ4v) is 5.77. The van der Waals surface area contributed by atoms with Crippen molar-refractivity contribution in [2.75, 3.05) is 7.11 Å². The highest BCUT2D eigenvalue weighted by atomic mass is 19.1. The summed E-state index contributed by atoms with van der Waals surface area (Å²) in [5.41, 5.74) is 3.81. The van der Waals surface area contributed by atoms with Gasteiger partial charge in [0.25, 0.3) is 5.91 Å². The van der Waals surface area contributed by atoms with Gasteiger partial charge in [-0.2, -0.15) is 10.2 Å². The molecule has 0 saturated carbocycles. The summed E-state index contributed by atoms with van der Waals surface area (Å²) in [5, 5.41) is 9.97. The lowest BCUT2D eigenvalue weighted by Gasteiger charge is -2.45. The van der Waals surface area contributed by atoms with E-state index in [1.54, 1.807) is 35.7 Å². The molecule has 1 fully saturated rings. The second kappa shape index (κ2) is 7.86. The molecule has 0 radical (unpaired) electrons. The topological polar surface area (TPSA) is 78.1 Å². The lowest BCUT2D eigenvalue weighted by atomic mass is 9.81. The van der Waals surface area contributed by atoms with Crippen molar-refractivity contribution in [3.63, 3.8) is 0 Å². The molecule has 0 aliphatic carbocycles. The number of ether oxygens (including phenoxy) is 1. The number of rotatable bonds is 3. The van der Waals surface area contributed by atoms with Crippen LogP contribution in [0.25, 0.3) is 22.3 Å². The third-order valence-corrected chi connectivity index (χ3v) is 7.19. The van der Waals surface area contributed by atoms with E-state index in [1.807, 2.05) is 11.0 Å². The van der Waals surface area contributed by atoms with Crippen LogP contribution >= 0.6 is 0 Å². The van der Waals surface area contributed by atoms with Crippen molar-refractivity contribution < 1.29 is 18.3 Å². The Labute approximate surface area is 200 Å². The Morgan fingerprint density at radius 1 is 1.11 bits per heavy atom. The molecular weight excluding hydrogens is 454 g/mol. The molecule has 2 atom stereocenters. The Morgan fingerprint density at radius 3 is 2.63 bits per heavy atom. The SMILES string of the molecule is COc1c(F)cc(-c2c3c(nn2C)[C@H]2CCC[C@@H](C3)N2C(=O)c2nn(C)c3ncccc23)cc1F. The van der Waals surface area contributed by atoms with Gasteiger partial charge < -0.3 is 9.64 Å². The molecule has 4 aromatic rings. The normalized spacial score (nSPS) is 19.2. The highest BCUT2D eigenvalue weighted by Crippen LogP contribution is 2.45. The van der Waals surface area contributed by atoms with E-state index in [-0.39, 0.29) is 18.0 Å². The largest absolute Gasteiger partial charge is 0.491 e. The molecule has 2 aliphatic rings. The van der Waals surface area contributed by atoms with Crippen molar-refractivity contribution in [3.8, 4) is 17.0 Å². The van der Waals surface area contributed by atoms with Crippen molar-refractivity contribution in [1.82, 2.24) is 29.4 Å². The zero-order valence-electron chi connectivity index (χ0n) is 19.6. The first-order chi connectivity index (χ1) is 16.9. The molecule has 0 unspecified atom stereocenters. The number of pyridine rings is 1. The maximum atomic E-state index is 14.5. The van der Waals surface area contributed by atoms with E-state index in [4.69, 9.17) is 9.84 Å². The number of aryl methyl sites for hydroxylation is 2. The van der Waals surface area contributed by atoms with E-state index in [0.717, 1.165) is 35.9 Å². The summed E-state index contributed by atoms with van der Waals surface area (Å²) < 4.78 is 37.2. The van der Waals surface area contributed by atoms with Crippen LogP contribution in [0.15, 0.2) is 30.5 Å². The summed E-state index contributed by atoms with van der Waals surface area (Å²) in [6.07, 6.45) is 4.81. The second-order valence-electron chi connectivity index (χ2n) is 9.17. The van der Waals surface area contributed by atoms with Crippen molar-refractivity contribution in [1.29, 1.82) is 0 Å². The summed E-state index contributed by atoms with van der Waals surface area (Å²) >= 11 is 0. The number of hydrogen-bond donors (Lipinski definition) is 0. The molecule has 8 nitrogen and oxygen atoms in total. The number of carbonyl (C=O) groups is 1. The molecule has 35 heavy (non-hydrogen) atoms. The monoisotopic (exact) mass is 478 g/mol. The smallest absolute Gasteiger partial charge is 0.275 e. The van der Waals surface area contributed by atoms with Crippen LogP contribution in [0.3, 0.4) is 0 Å². The highest BCUT2D eigenvalue weighted by molar-refractivity contribution is 6.04. The van der Waals surface area contributed by atoms with E-state index in [2.05, 4.69) is 10.1 Å². The van der Waals surface area contributed by atoms with Crippen LogP contribution in [0.4, 0.5) is 8.78 Å². The number of amides is 1. The number of halogens is 2. The summed E-state index contributed by atoms with van der Waals surface area (Å²) in [7, 11) is 4.78. The molecule has 10 heteroatoms. The Bertz CT molecular complexity index is 1470. The van der Waals surface area contributed by atoms with E-state index in [0.29, 0.717) is 29.0 Å². The first-order valence-corrected chi connectivity index (χ1v) is 11.6. The predicted molar refractivity (Wildman–Crippen MR) is 124 cm³/mol. The van der Waals surface area contributed by atoms with E-state index >= 15 is 0 Å². The summed E-state index contributed by atoms with van der Waals surface area (Å²) in [5.74, 6) is -2.07. The minimum absolute atomic E-state index is 0.0571. The average molecular weight is 479 g/mol. The maximum absolute atomic E-state index is 14.5. The molecule has 0 N–H and O–H groups in total. The number of nitrogens with zero attached hydrogens (tertiary/aromatic N) is 6. The van der Waals surface area contributed by atoms with Gasteiger partial charge in [-0.3, -0.25) is 9.48 Å². The van der Waals surface area contributed by atoms with Gasteiger partial charge in [0, 0.05) is 37.5 Å². The molecule has 1 aromatic carbocycles. The van der Waals surface area contributed by atoms with Gasteiger partial charge >= 0.3 is 0 Å². The van der Waals surface area contributed by atoms with Crippen molar-refractivity contribution >= 4 is 16.9 Å². The van der Waals surface area contributed by atoms with Crippen LogP contribution in [0.2, 0.25) is 0 Å². The van der Waals surface area contributed by atoms with Crippen molar-refractivity contribution in [2.24, 2.45) is 14.1 Å². The molecule has 2 aliphatic heterocycles. The number of hydrogen-bond acceptors (Lipinski definition) is 5. The Kier molecular flexibility index (Phi) is 4.87. The predicted octanol–water partition coefficient (Wildman–Crippen LogP) is 3.95. The Morgan fingerprint density at radius 2 is 1.89 bits per heavy atom. The summed E-state index contributed by atoms with van der Waals surface area (Å²) in [4.78, 5) is 20.1. The summed E-state index contributed by atoms with van der Waals surface area (Å²) in [6.45, 7) is 0. The van der Waals surface area contributed by atoms with Crippen LogP contribution < -0.4 is 4.74 Å². The van der Waals surface area contributed by atoms with Crippen LogP contribution in [0.5, 0.6) is 5.75 Å². The van der Waals surface area contributed by atoms with Crippen molar-refractivity contribution in [3.05, 3.63) is 59.0 Å². The Hall–Kier alpha value is -3.82. The third kappa shape index (κ3) is 3.15. The van der Waals surface area contributed by atoms with Gasteiger partial charge in [-0.15, -0.1) is 0 Å². The number of fused-ring (bicyclic) bond motifs is 5. The third-order valence-electron chi connectivity index (χ3n) is 7.19. The van der Waals surface area contributed by atoms with Gasteiger partial charge in [0.05, 0.1) is 29.9 Å². The first-order valence-electron chi connectivity index (χ1n) is 11.6. The van der Waals surface area contributed by atoms with Gasteiger partial charge in [0.15, 0.2) is 28.7 Å². The lowest BCUT2D eigenvalue weighted by Crippen LogP contribution is -2.50. The van der Waals surface area contributed by atoms with E-state index in [9.17, 15) is 13.6 Å². The minimum Gasteiger partial charge on any atom is -0.491 e. The summed E-state index contributed by atoms with van der Waals surface area (Å²) in [6, 6.07) is 5.93. The minimum atomic E-state index is -0.763. The van der Waals surface area contributed by atoms with Gasteiger partial charge in [0.1, 0.15) is 0 Å². The van der Waals surface area contributed by atoms with Crippen LogP contribution in [0.1, 0.15) is 47.1 Å². The molecular formula is C25H24F2N6O2. The van der Waals surface area contributed by atoms with Gasteiger partial charge in [0.2, 0.25) is 0 Å². The quantitative estimate of drug-likeness (QED) is 0.446. The fourth-order valence-electron chi connectivity index (χ4n) is 5.77. The van der Waals surface area contributed by atoms with Gasteiger partial charge in [-0.05, 0) is 49.9 Å². The van der Waals surface area contributed by atoms with Crippen molar-refractivity contribution in [2.45, 2.75) is 37.8 Å². The molecule has 6 rings (SSSR count). The zero-order valence-corrected chi connectivity index (χ0v) is 19.6. The van der Waals surface area contributed by atoms with Gasteiger partial charge in [-0.25, -0.2) is 18.4 Å². The fraction of sp³-hybridized carbons (Fsp3) is 0.360. The van der Waals surface area contributed by atoms with E-state index in [1.165, 1.54) is 19.2 Å². The van der Waals surface area contributed by atoms with Crippen LogP contribution in [0, 0.1) is 11.6 Å². The number of methoxy groups -OCH3 is 1. The average Bonchev–Trinajstić information content (AvgIpc) is 3.34. The standard InChI is InChI=1S/C25H24F2N6O2/c1-31-22(13-10-17(26)23(35-3)18(27)11-13)16-12-14-6-4-8-19(20(16)29-31)33(14)25(34)21-15-7-5-9-28-24(15)32(2)30-21/h5,7,9-11,14,19H,4,6,8,12H2,1-3H3/t14-,19+/m0/s1. The molecule has 0 spiro atoms.